The molecule has 1 heterocycles. The highest BCUT2D eigenvalue weighted by Gasteiger charge is 2.04. The van der Waals surface area contributed by atoms with Crippen LogP contribution in [0.4, 0.5) is 23.1 Å². The van der Waals surface area contributed by atoms with Gasteiger partial charge in [-0.25, -0.2) is 0 Å². The number of aromatic nitrogens is 3. The molecule has 0 bridgehead atoms. The molecule has 0 atom stereocenters. The van der Waals surface area contributed by atoms with Gasteiger partial charge in [0.2, 0.25) is 5.95 Å². The van der Waals surface area contributed by atoms with E-state index in [1.807, 2.05) is 18.2 Å². The van der Waals surface area contributed by atoms with Gasteiger partial charge in [-0.2, -0.15) is 10.1 Å². The molecule has 23 heavy (non-hydrogen) atoms. The maximum absolute atomic E-state index is 4.46. The Bertz CT molecular complexity index is 829. The van der Waals surface area contributed by atoms with Gasteiger partial charge in [0.25, 0.3) is 0 Å². The summed E-state index contributed by atoms with van der Waals surface area (Å²) in [6.45, 7) is 6.18. The summed E-state index contributed by atoms with van der Waals surface area (Å²) in [7, 11) is 0. The second kappa shape index (κ2) is 6.44. The minimum Gasteiger partial charge on any atom is -0.339 e. The molecule has 2 aromatic carbocycles. The highest BCUT2D eigenvalue weighted by Crippen LogP contribution is 2.20. The third-order valence-corrected chi connectivity index (χ3v) is 3.48. The van der Waals surface area contributed by atoms with Crippen molar-refractivity contribution in [3.05, 3.63) is 65.4 Å². The lowest BCUT2D eigenvalue weighted by Crippen LogP contribution is -2.03. The van der Waals surface area contributed by atoms with E-state index in [1.165, 1.54) is 11.1 Å². The van der Waals surface area contributed by atoms with Crippen LogP contribution < -0.4 is 10.6 Å². The molecule has 5 nitrogen and oxygen atoms in total. The zero-order valence-electron chi connectivity index (χ0n) is 13.5. The lowest BCUT2D eigenvalue weighted by atomic mass is 10.1. The molecule has 0 aliphatic carbocycles. The summed E-state index contributed by atoms with van der Waals surface area (Å²) in [4.78, 5) is 4.46. The van der Waals surface area contributed by atoms with Crippen LogP contribution in [0.5, 0.6) is 0 Å². The maximum Gasteiger partial charge on any atom is 0.249 e. The summed E-state index contributed by atoms with van der Waals surface area (Å²) in [5, 5.41) is 14.5. The van der Waals surface area contributed by atoms with Gasteiger partial charge in [0.1, 0.15) is 0 Å². The first-order chi connectivity index (χ1) is 11.1. The number of nitrogens with zero attached hydrogens (tertiary/aromatic N) is 3. The highest BCUT2D eigenvalue weighted by molar-refractivity contribution is 5.61. The Hall–Kier alpha value is -2.95. The van der Waals surface area contributed by atoms with Gasteiger partial charge in [-0.1, -0.05) is 29.8 Å². The molecular weight excluding hydrogens is 286 g/mol. The first kappa shape index (κ1) is 15.0. The molecule has 0 amide bonds. The lowest BCUT2D eigenvalue weighted by molar-refractivity contribution is 0.981. The van der Waals surface area contributed by atoms with E-state index in [0.29, 0.717) is 11.8 Å². The molecule has 1 aromatic heterocycles. The van der Waals surface area contributed by atoms with Crippen molar-refractivity contribution in [3.63, 3.8) is 0 Å². The third-order valence-electron chi connectivity index (χ3n) is 3.48. The molecule has 0 radical (unpaired) electrons. The summed E-state index contributed by atoms with van der Waals surface area (Å²) in [6, 6.07) is 14.3. The molecule has 0 fully saturated rings. The van der Waals surface area contributed by atoms with E-state index >= 15 is 0 Å². The topological polar surface area (TPSA) is 62.7 Å². The fraction of sp³-hybridized carbons (Fsp3) is 0.167. The van der Waals surface area contributed by atoms with Crippen LogP contribution in [-0.4, -0.2) is 15.2 Å². The summed E-state index contributed by atoms with van der Waals surface area (Å²) < 4.78 is 0. The number of hydrogen-bond acceptors (Lipinski definition) is 5. The summed E-state index contributed by atoms with van der Waals surface area (Å²) in [5.41, 5.74) is 5.51. The highest BCUT2D eigenvalue weighted by atomic mass is 15.3. The van der Waals surface area contributed by atoms with E-state index in [0.717, 1.165) is 16.9 Å². The van der Waals surface area contributed by atoms with Crippen molar-refractivity contribution < 1.29 is 0 Å². The molecule has 3 rings (SSSR count). The lowest BCUT2D eigenvalue weighted by Gasteiger charge is -2.10. The zero-order chi connectivity index (χ0) is 16.2. The van der Waals surface area contributed by atoms with Gasteiger partial charge in [0, 0.05) is 11.4 Å². The minimum atomic E-state index is 0.467. The second-order valence-electron chi connectivity index (χ2n) is 5.60. The van der Waals surface area contributed by atoms with Crippen LogP contribution in [0.25, 0.3) is 0 Å². The van der Waals surface area contributed by atoms with Gasteiger partial charge >= 0.3 is 0 Å². The van der Waals surface area contributed by atoms with Crippen molar-refractivity contribution in [2.45, 2.75) is 20.8 Å². The van der Waals surface area contributed by atoms with Gasteiger partial charge in [-0.15, -0.1) is 5.10 Å². The molecule has 5 heteroatoms. The molecular formula is C18H19N5. The van der Waals surface area contributed by atoms with E-state index < -0.39 is 0 Å². The molecule has 0 spiro atoms. The second-order valence-corrected chi connectivity index (χ2v) is 5.60. The quantitative estimate of drug-likeness (QED) is 0.753. The number of benzene rings is 2. The van der Waals surface area contributed by atoms with Crippen molar-refractivity contribution in [2.75, 3.05) is 10.6 Å². The average molecular weight is 305 g/mol. The van der Waals surface area contributed by atoms with Gasteiger partial charge in [-0.3, -0.25) is 0 Å². The van der Waals surface area contributed by atoms with Gasteiger partial charge in [-0.05, 0) is 50.1 Å². The first-order valence-electron chi connectivity index (χ1n) is 7.48. The molecule has 2 N–H and O–H groups in total. The van der Waals surface area contributed by atoms with Crippen molar-refractivity contribution in [2.24, 2.45) is 0 Å². The first-order valence-corrected chi connectivity index (χ1v) is 7.48. The Morgan fingerprint density at radius 1 is 0.870 bits per heavy atom. The predicted octanol–water partition coefficient (Wildman–Crippen LogP) is 4.28. The van der Waals surface area contributed by atoms with E-state index in [-0.39, 0.29) is 0 Å². The van der Waals surface area contributed by atoms with Crippen LogP contribution >= 0.6 is 0 Å². The van der Waals surface area contributed by atoms with Crippen LogP contribution in [0.15, 0.2) is 48.7 Å². The SMILES string of the molecule is Cc1cccc(Nc2cnnc(Nc3ccc(C)cc3C)n2)c1. The van der Waals surface area contributed by atoms with Crippen molar-refractivity contribution >= 4 is 23.1 Å². The monoisotopic (exact) mass is 305 g/mol. The van der Waals surface area contributed by atoms with E-state index in [1.54, 1.807) is 6.20 Å². The maximum atomic E-state index is 4.46. The number of nitrogens with one attached hydrogen (secondary N) is 2. The van der Waals surface area contributed by atoms with Crippen molar-refractivity contribution in [1.82, 2.24) is 15.2 Å². The van der Waals surface area contributed by atoms with Crippen LogP contribution in [0.1, 0.15) is 16.7 Å². The predicted molar refractivity (Wildman–Crippen MR) is 93.5 cm³/mol. The minimum absolute atomic E-state index is 0.467. The smallest absolute Gasteiger partial charge is 0.249 e. The molecule has 0 saturated heterocycles. The van der Waals surface area contributed by atoms with Crippen LogP contribution in [0, 0.1) is 20.8 Å². The fourth-order valence-corrected chi connectivity index (χ4v) is 2.36. The Morgan fingerprint density at radius 2 is 1.70 bits per heavy atom. The molecule has 116 valence electrons. The van der Waals surface area contributed by atoms with Gasteiger partial charge in [0.15, 0.2) is 5.82 Å². The third kappa shape index (κ3) is 3.83. The van der Waals surface area contributed by atoms with Crippen molar-refractivity contribution in [1.29, 1.82) is 0 Å². The Labute approximate surface area is 135 Å². The fourth-order valence-electron chi connectivity index (χ4n) is 2.36. The van der Waals surface area contributed by atoms with Crippen molar-refractivity contribution in [3.8, 4) is 0 Å². The van der Waals surface area contributed by atoms with E-state index in [9.17, 15) is 0 Å². The number of aryl methyl sites for hydroxylation is 3. The number of rotatable bonds is 4. The molecule has 3 aromatic rings. The van der Waals surface area contributed by atoms with Crippen LogP contribution in [-0.2, 0) is 0 Å². The zero-order valence-corrected chi connectivity index (χ0v) is 13.5. The van der Waals surface area contributed by atoms with Crippen LogP contribution in [0.2, 0.25) is 0 Å². The normalized spacial score (nSPS) is 10.4. The average Bonchev–Trinajstić information content (AvgIpc) is 2.51. The van der Waals surface area contributed by atoms with E-state index in [4.69, 9.17) is 0 Å². The molecule has 0 aliphatic heterocycles. The Balaban J connectivity index is 1.79. The number of hydrogen-bond donors (Lipinski definition) is 2. The van der Waals surface area contributed by atoms with Crippen LogP contribution in [0.3, 0.4) is 0 Å². The molecule has 0 unspecified atom stereocenters. The van der Waals surface area contributed by atoms with Gasteiger partial charge in [0.05, 0.1) is 6.20 Å². The Kier molecular flexibility index (Phi) is 4.19. The summed E-state index contributed by atoms with van der Waals surface area (Å²) in [5.74, 6) is 1.12. The Morgan fingerprint density at radius 3 is 2.48 bits per heavy atom. The van der Waals surface area contributed by atoms with Gasteiger partial charge < -0.3 is 10.6 Å². The summed E-state index contributed by atoms with van der Waals surface area (Å²) in [6.07, 6.45) is 1.61. The molecule has 0 aliphatic rings. The molecule has 0 saturated carbocycles. The number of anilines is 4. The van der Waals surface area contributed by atoms with E-state index in [2.05, 4.69) is 70.9 Å². The standard InChI is InChI=1S/C18H19N5/c1-12-5-4-6-15(10-12)20-17-11-19-23-18(22-17)21-16-8-7-13(2)9-14(16)3/h4-11H,1-3H3,(H2,20,21,22,23). The summed E-state index contributed by atoms with van der Waals surface area (Å²) >= 11 is 0. The largest absolute Gasteiger partial charge is 0.339 e.